The van der Waals surface area contributed by atoms with Crippen molar-refractivity contribution in [2.45, 2.75) is 51.5 Å². The largest absolute Gasteiger partial charge is 0.497 e. The predicted molar refractivity (Wildman–Crippen MR) is 108 cm³/mol. The second-order valence-electron chi connectivity index (χ2n) is 8.00. The normalized spacial score (nSPS) is 19.3. The van der Waals surface area contributed by atoms with Crippen LogP contribution >= 0.6 is 0 Å². The Bertz CT molecular complexity index is 842. The SMILES string of the molecule is COc1ccc([C@@H]2[C@@H](OCc3ccccc3)CC(=O)N2C(=O)OC(C)(C)C)cc1. The molecule has 2 atom stereocenters. The van der Waals surface area contributed by atoms with Crippen molar-refractivity contribution in [2.24, 2.45) is 0 Å². The molecular formula is C23H27NO5. The molecule has 1 aliphatic rings. The lowest BCUT2D eigenvalue weighted by Crippen LogP contribution is -2.40. The predicted octanol–water partition coefficient (Wildman–Crippen LogP) is 4.49. The van der Waals surface area contributed by atoms with E-state index in [0.29, 0.717) is 12.4 Å². The maximum absolute atomic E-state index is 12.8. The number of amides is 2. The second kappa shape index (κ2) is 8.66. The van der Waals surface area contributed by atoms with Crippen molar-refractivity contribution in [3.63, 3.8) is 0 Å². The molecule has 0 radical (unpaired) electrons. The number of benzene rings is 2. The number of ether oxygens (including phenoxy) is 3. The van der Waals surface area contributed by atoms with Crippen LogP contribution in [0.25, 0.3) is 0 Å². The topological polar surface area (TPSA) is 65.1 Å². The number of rotatable bonds is 5. The number of likely N-dealkylation sites (tertiary alicyclic amines) is 1. The Balaban J connectivity index is 1.87. The smallest absolute Gasteiger partial charge is 0.417 e. The minimum absolute atomic E-state index is 0.114. The van der Waals surface area contributed by atoms with E-state index in [4.69, 9.17) is 14.2 Å². The van der Waals surface area contributed by atoms with Crippen LogP contribution < -0.4 is 4.74 Å². The van der Waals surface area contributed by atoms with Crippen LogP contribution in [0.2, 0.25) is 0 Å². The molecule has 1 aliphatic heterocycles. The van der Waals surface area contributed by atoms with Gasteiger partial charge in [0.15, 0.2) is 0 Å². The lowest BCUT2D eigenvalue weighted by atomic mass is 10.0. The monoisotopic (exact) mass is 397 g/mol. The van der Waals surface area contributed by atoms with Gasteiger partial charge in [0.2, 0.25) is 5.91 Å². The fraction of sp³-hybridized carbons (Fsp3) is 0.391. The molecule has 6 nitrogen and oxygen atoms in total. The first kappa shape index (κ1) is 20.9. The van der Waals surface area contributed by atoms with E-state index in [2.05, 4.69) is 0 Å². The van der Waals surface area contributed by atoms with Gasteiger partial charge in [0.25, 0.3) is 0 Å². The van der Waals surface area contributed by atoms with Crippen LogP contribution in [0.5, 0.6) is 5.75 Å². The summed E-state index contributed by atoms with van der Waals surface area (Å²) in [5, 5.41) is 0. The van der Waals surface area contributed by atoms with Gasteiger partial charge in [-0.3, -0.25) is 4.79 Å². The molecule has 1 fully saturated rings. The molecule has 3 rings (SSSR count). The number of imide groups is 1. The van der Waals surface area contributed by atoms with Gasteiger partial charge in [0, 0.05) is 0 Å². The fourth-order valence-electron chi connectivity index (χ4n) is 3.32. The minimum Gasteiger partial charge on any atom is -0.497 e. The van der Waals surface area contributed by atoms with Crippen LogP contribution in [0.15, 0.2) is 54.6 Å². The van der Waals surface area contributed by atoms with Crippen LogP contribution in [-0.2, 0) is 20.9 Å². The molecule has 0 unspecified atom stereocenters. The van der Waals surface area contributed by atoms with Gasteiger partial charge in [0.05, 0.1) is 32.3 Å². The molecule has 2 aromatic rings. The number of hydrogen-bond donors (Lipinski definition) is 0. The first-order valence-corrected chi connectivity index (χ1v) is 9.63. The molecule has 0 bridgehead atoms. The molecule has 0 aromatic heterocycles. The van der Waals surface area contributed by atoms with Crippen molar-refractivity contribution < 1.29 is 23.8 Å². The molecule has 29 heavy (non-hydrogen) atoms. The van der Waals surface area contributed by atoms with E-state index in [1.54, 1.807) is 40.0 Å². The summed E-state index contributed by atoms with van der Waals surface area (Å²) in [7, 11) is 1.59. The fourth-order valence-corrected chi connectivity index (χ4v) is 3.32. The summed E-state index contributed by atoms with van der Waals surface area (Å²) in [6.07, 6.45) is -1.01. The number of methoxy groups -OCH3 is 1. The number of carbonyl (C=O) groups excluding carboxylic acids is 2. The quantitative estimate of drug-likeness (QED) is 0.744. The third kappa shape index (κ3) is 5.15. The molecule has 2 amide bonds. The Labute approximate surface area is 171 Å². The maximum Gasteiger partial charge on any atom is 0.417 e. The number of hydrogen-bond acceptors (Lipinski definition) is 5. The lowest BCUT2D eigenvalue weighted by Gasteiger charge is -2.29. The van der Waals surface area contributed by atoms with Crippen molar-refractivity contribution >= 4 is 12.0 Å². The summed E-state index contributed by atoms with van der Waals surface area (Å²) >= 11 is 0. The van der Waals surface area contributed by atoms with Gasteiger partial charge in [-0.05, 0) is 44.0 Å². The van der Waals surface area contributed by atoms with E-state index in [0.717, 1.165) is 11.1 Å². The molecule has 0 aliphatic carbocycles. The Kier molecular flexibility index (Phi) is 6.23. The lowest BCUT2D eigenvalue weighted by molar-refractivity contribution is -0.128. The van der Waals surface area contributed by atoms with Gasteiger partial charge in [-0.2, -0.15) is 0 Å². The summed E-state index contributed by atoms with van der Waals surface area (Å²) < 4.78 is 16.8. The first-order valence-electron chi connectivity index (χ1n) is 9.63. The highest BCUT2D eigenvalue weighted by Crippen LogP contribution is 2.37. The summed E-state index contributed by atoms with van der Waals surface area (Å²) in [5.41, 5.74) is 1.09. The van der Waals surface area contributed by atoms with Gasteiger partial charge in [-0.25, -0.2) is 9.69 Å². The van der Waals surface area contributed by atoms with E-state index in [9.17, 15) is 9.59 Å². The summed E-state index contributed by atoms with van der Waals surface area (Å²) in [6, 6.07) is 16.5. The van der Waals surface area contributed by atoms with Crippen molar-refractivity contribution in [2.75, 3.05) is 7.11 Å². The third-order valence-corrected chi connectivity index (χ3v) is 4.63. The van der Waals surface area contributed by atoms with Crippen molar-refractivity contribution in [3.05, 3.63) is 65.7 Å². The van der Waals surface area contributed by atoms with Crippen LogP contribution in [0.4, 0.5) is 4.79 Å². The van der Waals surface area contributed by atoms with Crippen LogP contribution in [0, 0.1) is 0 Å². The van der Waals surface area contributed by atoms with Crippen molar-refractivity contribution in [1.82, 2.24) is 4.90 Å². The summed E-state index contributed by atoms with van der Waals surface area (Å²) in [6.45, 7) is 5.68. The summed E-state index contributed by atoms with van der Waals surface area (Å²) in [5.74, 6) is 0.391. The zero-order valence-corrected chi connectivity index (χ0v) is 17.3. The highest BCUT2D eigenvalue weighted by atomic mass is 16.6. The molecular weight excluding hydrogens is 370 g/mol. The molecule has 1 heterocycles. The molecule has 0 saturated carbocycles. The first-order chi connectivity index (χ1) is 13.8. The molecule has 0 spiro atoms. The Morgan fingerprint density at radius 2 is 1.72 bits per heavy atom. The number of carbonyl (C=O) groups is 2. The zero-order valence-electron chi connectivity index (χ0n) is 17.3. The van der Waals surface area contributed by atoms with Gasteiger partial charge in [0.1, 0.15) is 11.4 Å². The second-order valence-corrected chi connectivity index (χ2v) is 8.00. The summed E-state index contributed by atoms with van der Waals surface area (Å²) in [4.78, 5) is 26.7. The van der Waals surface area contributed by atoms with Gasteiger partial charge < -0.3 is 14.2 Å². The molecule has 0 N–H and O–H groups in total. The average molecular weight is 397 g/mol. The Morgan fingerprint density at radius 1 is 1.07 bits per heavy atom. The van der Waals surface area contributed by atoms with E-state index in [-0.39, 0.29) is 12.3 Å². The number of nitrogens with zero attached hydrogens (tertiary/aromatic N) is 1. The molecule has 154 valence electrons. The van der Waals surface area contributed by atoms with Crippen molar-refractivity contribution in [3.8, 4) is 5.75 Å². The van der Waals surface area contributed by atoms with Crippen LogP contribution in [0.1, 0.15) is 44.4 Å². The third-order valence-electron chi connectivity index (χ3n) is 4.63. The van der Waals surface area contributed by atoms with Gasteiger partial charge in [-0.1, -0.05) is 42.5 Å². The van der Waals surface area contributed by atoms with E-state index >= 15 is 0 Å². The Morgan fingerprint density at radius 3 is 2.31 bits per heavy atom. The average Bonchev–Trinajstić information content (AvgIpc) is 3.02. The minimum atomic E-state index is -0.704. The highest BCUT2D eigenvalue weighted by Gasteiger charge is 2.46. The highest BCUT2D eigenvalue weighted by molar-refractivity contribution is 5.95. The molecule has 6 heteroatoms. The van der Waals surface area contributed by atoms with Crippen molar-refractivity contribution in [1.29, 1.82) is 0 Å². The van der Waals surface area contributed by atoms with Gasteiger partial charge >= 0.3 is 6.09 Å². The van der Waals surface area contributed by atoms with Gasteiger partial charge in [-0.15, -0.1) is 0 Å². The standard InChI is InChI=1S/C23H27NO5/c1-23(2,3)29-22(26)24-20(25)14-19(28-15-16-8-6-5-7-9-16)21(24)17-10-12-18(27-4)13-11-17/h5-13,19,21H,14-15H2,1-4H3/t19-,21+/m0/s1. The van der Waals surface area contributed by atoms with E-state index in [1.807, 2.05) is 42.5 Å². The van der Waals surface area contributed by atoms with E-state index in [1.165, 1.54) is 4.90 Å². The zero-order chi connectivity index (χ0) is 21.0. The maximum atomic E-state index is 12.8. The van der Waals surface area contributed by atoms with Crippen LogP contribution in [0.3, 0.4) is 0 Å². The molecule has 2 aromatic carbocycles. The Hall–Kier alpha value is -2.86. The molecule has 1 saturated heterocycles. The van der Waals surface area contributed by atoms with E-state index < -0.39 is 23.8 Å². The van der Waals surface area contributed by atoms with Crippen LogP contribution in [-0.4, -0.2) is 35.7 Å².